The molecule has 1 unspecified atom stereocenters. The number of nitrogens with one attached hydrogen (secondary N) is 1. The fourth-order valence-electron chi connectivity index (χ4n) is 1.15. The second-order valence-corrected chi connectivity index (χ2v) is 3.50. The third-order valence-corrected chi connectivity index (χ3v) is 2.16. The average Bonchev–Trinajstić information content (AvgIpc) is 2.19. The Bertz CT molecular complexity index is 263. The predicted octanol–water partition coefficient (Wildman–Crippen LogP) is 1.77. The smallest absolute Gasteiger partial charge is 0.0971 e. The fraction of sp³-hybridized carbons (Fsp3) is 0.500. The first-order valence-corrected chi connectivity index (χ1v) is 5.12. The van der Waals surface area contributed by atoms with E-state index in [1.807, 2.05) is 6.92 Å². The molecule has 0 aliphatic rings. The maximum Gasteiger partial charge on any atom is 0.0971 e. The molecule has 1 aromatic heterocycles. The van der Waals surface area contributed by atoms with Crippen molar-refractivity contribution in [1.29, 1.82) is 0 Å². The molecular weight excluding hydrogens is 200 g/mol. The first-order chi connectivity index (χ1) is 6.74. The van der Waals surface area contributed by atoms with Crippen LogP contribution in [0.3, 0.4) is 0 Å². The Hall–Kier alpha value is -0.640. The van der Waals surface area contributed by atoms with Gasteiger partial charge in [-0.05, 0) is 31.6 Å². The van der Waals surface area contributed by atoms with Gasteiger partial charge in [0.15, 0.2) is 0 Å². The summed E-state index contributed by atoms with van der Waals surface area (Å²) in [6.45, 7) is 3.75. The van der Waals surface area contributed by atoms with E-state index < -0.39 is 6.10 Å². The largest absolute Gasteiger partial charge is 0.387 e. The molecule has 0 bridgehead atoms. The summed E-state index contributed by atoms with van der Waals surface area (Å²) in [5, 5.41) is 13.4. The lowest BCUT2D eigenvalue weighted by atomic mass is 10.1. The van der Waals surface area contributed by atoms with Crippen molar-refractivity contribution in [2.24, 2.45) is 0 Å². The molecule has 1 heterocycles. The van der Waals surface area contributed by atoms with E-state index in [0.29, 0.717) is 17.1 Å². The fourth-order valence-corrected chi connectivity index (χ4v) is 1.26. The Morgan fingerprint density at radius 3 is 2.93 bits per heavy atom. The van der Waals surface area contributed by atoms with E-state index in [4.69, 9.17) is 11.6 Å². The molecule has 0 saturated carbocycles. The molecule has 0 fully saturated rings. The monoisotopic (exact) mass is 214 g/mol. The second-order valence-electron chi connectivity index (χ2n) is 3.06. The summed E-state index contributed by atoms with van der Waals surface area (Å²) in [4.78, 5) is 4.05. The number of hydrogen-bond acceptors (Lipinski definition) is 3. The highest BCUT2D eigenvalue weighted by atomic mass is 35.5. The molecule has 0 radical (unpaired) electrons. The Balaban J connectivity index is 2.43. The van der Waals surface area contributed by atoms with Crippen LogP contribution in [0.5, 0.6) is 0 Å². The summed E-state index contributed by atoms with van der Waals surface area (Å²) in [5.74, 6) is 0. The molecule has 78 valence electrons. The van der Waals surface area contributed by atoms with E-state index in [1.165, 1.54) is 0 Å². The number of aromatic nitrogens is 1. The zero-order valence-electron chi connectivity index (χ0n) is 8.20. The normalized spacial score (nSPS) is 12.8. The van der Waals surface area contributed by atoms with E-state index in [2.05, 4.69) is 10.3 Å². The number of halogens is 1. The third kappa shape index (κ3) is 3.62. The SMILES string of the molecule is CCNCCC(O)c1ccc(Cl)cn1. The van der Waals surface area contributed by atoms with E-state index in [0.717, 1.165) is 13.1 Å². The van der Waals surface area contributed by atoms with Crippen LogP contribution in [0.4, 0.5) is 0 Å². The van der Waals surface area contributed by atoms with Gasteiger partial charge in [0.1, 0.15) is 0 Å². The lowest BCUT2D eigenvalue weighted by Gasteiger charge is -2.09. The van der Waals surface area contributed by atoms with Crippen molar-refractivity contribution in [3.8, 4) is 0 Å². The quantitative estimate of drug-likeness (QED) is 0.735. The highest BCUT2D eigenvalue weighted by Gasteiger charge is 2.07. The van der Waals surface area contributed by atoms with Crippen LogP contribution in [0.1, 0.15) is 25.1 Å². The van der Waals surface area contributed by atoms with Gasteiger partial charge in [-0.15, -0.1) is 0 Å². The molecule has 1 atom stereocenters. The van der Waals surface area contributed by atoms with Crippen molar-refractivity contribution in [2.75, 3.05) is 13.1 Å². The molecule has 0 aromatic carbocycles. The Kier molecular flexibility index (Phi) is 4.87. The molecule has 4 heteroatoms. The first kappa shape index (κ1) is 11.4. The molecule has 0 amide bonds. The molecule has 0 saturated heterocycles. The van der Waals surface area contributed by atoms with Crippen LogP contribution < -0.4 is 5.32 Å². The van der Waals surface area contributed by atoms with Gasteiger partial charge in [-0.2, -0.15) is 0 Å². The summed E-state index contributed by atoms with van der Waals surface area (Å²) < 4.78 is 0. The van der Waals surface area contributed by atoms with Gasteiger partial charge in [0.2, 0.25) is 0 Å². The molecule has 14 heavy (non-hydrogen) atoms. The van der Waals surface area contributed by atoms with Gasteiger partial charge in [-0.3, -0.25) is 4.98 Å². The van der Waals surface area contributed by atoms with Crippen LogP contribution >= 0.6 is 11.6 Å². The number of aliphatic hydroxyl groups is 1. The van der Waals surface area contributed by atoms with Crippen molar-refractivity contribution < 1.29 is 5.11 Å². The summed E-state index contributed by atoms with van der Waals surface area (Å²) >= 11 is 5.69. The van der Waals surface area contributed by atoms with Crippen LogP contribution in [-0.2, 0) is 0 Å². The van der Waals surface area contributed by atoms with Gasteiger partial charge in [0, 0.05) is 6.20 Å². The number of rotatable bonds is 5. The Morgan fingerprint density at radius 2 is 2.36 bits per heavy atom. The van der Waals surface area contributed by atoms with Gasteiger partial charge in [-0.1, -0.05) is 18.5 Å². The standard InChI is InChI=1S/C10H15ClN2O/c1-2-12-6-5-10(14)9-4-3-8(11)7-13-9/h3-4,7,10,12,14H,2,5-6H2,1H3. The van der Waals surface area contributed by atoms with Crippen LogP contribution in [0, 0.1) is 0 Å². The third-order valence-electron chi connectivity index (χ3n) is 1.94. The van der Waals surface area contributed by atoms with Crippen molar-refractivity contribution in [2.45, 2.75) is 19.4 Å². The second kappa shape index (κ2) is 5.96. The number of pyridine rings is 1. The van der Waals surface area contributed by atoms with Gasteiger partial charge >= 0.3 is 0 Å². The summed E-state index contributed by atoms with van der Waals surface area (Å²) in [7, 11) is 0. The highest BCUT2D eigenvalue weighted by Crippen LogP contribution is 2.15. The van der Waals surface area contributed by atoms with E-state index in [1.54, 1.807) is 18.3 Å². The van der Waals surface area contributed by atoms with Crippen molar-refractivity contribution >= 4 is 11.6 Å². The molecular formula is C10H15ClN2O. The zero-order valence-corrected chi connectivity index (χ0v) is 8.96. The van der Waals surface area contributed by atoms with Crippen molar-refractivity contribution in [1.82, 2.24) is 10.3 Å². The summed E-state index contributed by atoms with van der Waals surface area (Å²) in [5.41, 5.74) is 0.673. The average molecular weight is 215 g/mol. The van der Waals surface area contributed by atoms with Gasteiger partial charge in [-0.25, -0.2) is 0 Å². The minimum Gasteiger partial charge on any atom is -0.387 e. The maximum absolute atomic E-state index is 9.69. The maximum atomic E-state index is 9.69. The van der Waals surface area contributed by atoms with Crippen LogP contribution in [0.15, 0.2) is 18.3 Å². The first-order valence-electron chi connectivity index (χ1n) is 4.74. The summed E-state index contributed by atoms with van der Waals surface area (Å²) in [6, 6.07) is 3.49. The Morgan fingerprint density at radius 1 is 1.57 bits per heavy atom. The van der Waals surface area contributed by atoms with Gasteiger partial charge in [0.05, 0.1) is 16.8 Å². The van der Waals surface area contributed by atoms with Gasteiger partial charge in [0.25, 0.3) is 0 Å². The lowest BCUT2D eigenvalue weighted by Crippen LogP contribution is -2.17. The molecule has 1 rings (SSSR count). The molecule has 0 aliphatic heterocycles. The van der Waals surface area contributed by atoms with Crippen molar-refractivity contribution in [3.05, 3.63) is 29.0 Å². The Labute approximate surface area is 89.1 Å². The summed E-state index contributed by atoms with van der Waals surface area (Å²) in [6.07, 6.45) is 1.71. The minimum absolute atomic E-state index is 0.508. The van der Waals surface area contributed by atoms with Crippen molar-refractivity contribution in [3.63, 3.8) is 0 Å². The molecule has 2 N–H and O–H groups in total. The lowest BCUT2D eigenvalue weighted by molar-refractivity contribution is 0.162. The molecule has 0 aliphatic carbocycles. The zero-order chi connectivity index (χ0) is 10.4. The topological polar surface area (TPSA) is 45.1 Å². The highest BCUT2D eigenvalue weighted by molar-refractivity contribution is 6.30. The van der Waals surface area contributed by atoms with Crippen LogP contribution in [-0.4, -0.2) is 23.2 Å². The van der Waals surface area contributed by atoms with Gasteiger partial charge < -0.3 is 10.4 Å². The van der Waals surface area contributed by atoms with E-state index in [9.17, 15) is 5.11 Å². The minimum atomic E-state index is -0.508. The molecule has 0 spiro atoms. The van der Waals surface area contributed by atoms with E-state index in [-0.39, 0.29) is 0 Å². The molecule has 1 aromatic rings. The number of aliphatic hydroxyl groups excluding tert-OH is 1. The van der Waals surface area contributed by atoms with Crippen LogP contribution in [0.2, 0.25) is 5.02 Å². The number of nitrogens with zero attached hydrogens (tertiary/aromatic N) is 1. The number of hydrogen-bond donors (Lipinski definition) is 2. The predicted molar refractivity (Wildman–Crippen MR) is 57.4 cm³/mol. The van der Waals surface area contributed by atoms with Crippen LogP contribution in [0.25, 0.3) is 0 Å². The van der Waals surface area contributed by atoms with E-state index >= 15 is 0 Å². The molecule has 3 nitrogen and oxygen atoms in total.